The molecule has 3 heterocycles. The molecule has 2 bridgehead atoms. The molecule has 1 aliphatic heterocycles. The maximum atomic E-state index is 14.4. The summed E-state index contributed by atoms with van der Waals surface area (Å²) in [7, 11) is 5.02. The number of amides is 1. The average Bonchev–Trinajstić information content (AvgIpc) is 3.44. The van der Waals surface area contributed by atoms with Crippen molar-refractivity contribution in [2.75, 3.05) is 26.5 Å². The number of ketones is 1. The van der Waals surface area contributed by atoms with Gasteiger partial charge in [-0.05, 0) is 73.5 Å². The Labute approximate surface area is 328 Å². The number of methoxy groups -OCH3 is 1. The second-order valence-corrected chi connectivity index (χ2v) is 15.3. The Morgan fingerprint density at radius 2 is 1.86 bits per heavy atom. The Balaban J connectivity index is 1.79. The monoisotopic (exact) mass is 763 g/mol. The number of carbonyl (C=O) groups is 3. The first-order chi connectivity index (χ1) is 26.6. The lowest BCUT2D eigenvalue weighted by atomic mass is 9.82. The van der Waals surface area contributed by atoms with Gasteiger partial charge in [0.15, 0.2) is 17.3 Å². The van der Waals surface area contributed by atoms with Crippen molar-refractivity contribution in [2.45, 2.75) is 79.4 Å². The van der Waals surface area contributed by atoms with Crippen molar-refractivity contribution in [1.29, 1.82) is 0 Å². The van der Waals surface area contributed by atoms with Crippen molar-refractivity contribution in [3.8, 4) is 17.6 Å². The number of aromatic hydroxyl groups is 1. The van der Waals surface area contributed by atoms with Crippen LogP contribution in [0.25, 0.3) is 28.0 Å². The summed E-state index contributed by atoms with van der Waals surface area (Å²) in [5.41, 5.74) is 2.15. The largest absolute Gasteiger partial charge is 0.505 e. The van der Waals surface area contributed by atoms with Gasteiger partial charge in [-0.2, -0.15) is 5.10 Å². The fourth-order valence-corrected chi connectivity index (χ4v) is 7.67. The quantitative estimate of drug-likeness (QED) is 0.0775. The molecular weight excluding hydrogens is 711 g/mol. The first kappa shape index (κ1) is 41.5. The van der Waals surface area contributed by atoms with Gasteiger partial charge in [0, 0.05) is 57.1 Å². The molecule has 6 atom stereocenters. The molecule has 3 aromatic rings. The maximum absolute atomic E-state index is 14.4. The Bertz CT molecular complexity index is 2340. The molecule has 1 aliphatic carbocycles. The summed E-state index contributed by atoms with van der Waals surface area (Å²) < 4.78 is 13.3. The lowest BCUT2D eigenvalue weighted by Crippen LogP contribution is -2.36. The Morgan fingerprint density at radius 1 is 1.11 bits per heavy atom. The van der Waals surface area contributed by atoms with E-state index in [2.05, 4.69) is 49.1 Å². The average molecular weight is 764 g/mol. The number of ether oxygens (including phenoxy) is 2. The molecule has 3 N–H and O–H groups in total. The molecular formula is C44H53N5O7. The lowest BCUT2D eigenvalue weighted by molar-refractivity contribution is -0.152. The molecule has 4 unspecified atom stereocenters. The summed E-state index contributed by atoms with van der Waals surface area (Å²) in [4.78, 5) is 45.4. The number of rotatable bonds is 4. The number of carbonyl (C=O) groups excluding carboxylic acids is 3. The molecule has 5 rings (SSSR count). The second-order valence-electron chi connectivity index (χ2n) is 15.3. The van der Waals surface area contributed by atoms with Gasteiger partial charge in [0.1, 0.15) is 34.6 Å². The molecule has 12 heteroatoms. The third-order valence-electron chi connectivity index (χ3n) is 10.2. The van der Waals surface area contributed by atoms with E-state index in [0.717, 1.165) is 18.4 Å². The van der Waals surface area contributed by atoms with Crippen LogP contribution in [0.15, 0.2) is 59.4 Å². The number of fused-ring (bicyclic) bond motifs is 1. The van der Waals surface area contributed by atoms with Crippen LogP contribution < -0.4 is 15.8 Å². The van der Waals surface area contributed by atoms with Crippen LogP contribution in [0.2, 0.25) is 0 Å². The van der Waals surface area contributed by atoms with Crippen molar-refractivity contribution < 1.29 is 34.1 Å². The summed E-state index contributed by atoms with van der Waals surface area (Å²) in [6.45, 7) is 11.6. The highest BCUT2D eigenvalue weighted by Crippen LogP contribution is 2.32. The zero-order valence-corrected chi connectivity index (χ0v) is 33.7. The SMILES string of the molecule is COC1C#CC(O)=c2c(O)c3c4c(nc5cc(/C=N/N(C)C)ccn54)c2=C1C(=O)C/C=C/C[C@@H](C)C(OC(C)=O)C(C)C[C@H](C)CC(C)/C=C/C=C(/C)C(=O)N3. The van der Waals surface area contributed by atoms with Crippen molar-refractivity contribution in [1.82, 2.24) is 14.4 Å². The molecule has 1 amide bonds. The van der Waals surface area contributed by atoms with Gasteiger partial charge in [0.25, 0.3) is 5.91 Å². The lowest BCUT2D eigenvalue weighted by Gasteiger charge is -2.30. The highest BCUT2D eigenvalue weighted by atomic mass is 16.5. The maximum Gasteiger partial charge on any atom is 0.302 e. The molecule has 2 aliphatic rings. The predicted molar refractivity (Wildman–Crippen MR) is 219 cm³/mol. The molecule has 1 aromatic carbocycles. The number of Topliss-reactive ketones (excluding diaryl/α,β-unsaturated/α-hetero) is 1. The molecule has 56 heavy (non-hydrogen) atoms. The van der Waals surface area contributed by atoms with E-state index < -0.39 is 23.5 Å². The molecule has 0 fully saturated rings. The van der Waals surface area contributed by atoms with Crippen molar-refractivity contribution >= 4 is 57.6 Å². The number of phenolic OH excluding ortho intramolecular Hbond substituents is 1. The number of aliphatic hydroxyl groups is 1. The first-order valence-corrected chi connectivity index (χ1v) is 19.0. The molecule has 0 saturated heterocycles. The zero-order valence-electron chi connectivity index (χ0n) is 33.7. The number of pyridine rings is 1. The van der Waals surface area contributed by atoms with Gasteiger partial charge in [0.2, 0.25) is 0 Å². The van der Waals surface area contributed by atoms with Gasteiger partial charge >= 0.3 is 5.97 Å². The van der Waals surface area contributed by atoms with Gasteiger partial charge in [-0.1, -0.05) is 64.0 Å². The molecule has 0 spiro atoms. The number of hydrogen-bond acceptors (Lipinski definition) is 10. The number of aromatic nitrogens is 2. The van der Waals surface area contributed by atoms with E-state index in [1.165, 1.54) is 14.0 Å². The summed E-state index contributed by atoms with van der Waals surface area (Å²) in [5.74, 6) is 3.92. The van der Waals surface area contributed by atoms with Crippen LogP contribution in [-0.2, 0) is 23.9 Å². The highest BCUT2D eigenvalue weighted by Gasteiger charge is 2.30. The van der Waals surface area contributed by atoms with Crippen LogP contribution in [0, 0.1) is 35.5 Å². The minimum Gasteiger partial charge on any atom is -0.505 e. The van der Waals surface area contributed by atoms with Gasteiger partial charge in [-0.15, -0.1) is 0 Å². The topological polar surface area (TPSA) is 155 Å². The van der Waals surface area contributed by atoms with E-state index in [1.807, 2.05) is 25.1 Å². The van der Waals surface area contributed by atoms with Crippen LogP contribution >= 0.6 is 0 Å². The highest BCUT2D eigenvalue weighted by molar-refractivity contribution is 6.20. The molecule has 0 saturated carbocycles. The van der Waals surface area contributed by atoms with E-state index in [-0.39, 0.29) is 69.2 Å². The van der Waals surface area contributed by atoms with E-state index in [0.29, 0.717) is 29.1 Å². The third-order valence-corrected chi connectivity index (χ3v) is 10.2. The van der Waals surface area contributed by atoms with E-state index in [4.69, 9.17) is 14.5 Å². The van der Waals surface area contributed by atoms with Gasteiger partial charge in [0.05, 0.1) is 11.4 Å². The standard InChI is InChI=1S/C44H53N5O7/c1-25-13-12-15-28(4)44(54)47-40-41-39(46-35-23-31(19-20-49(35)41)24-45-48(7)8)38-36(34(55-9)18-17-33(52)37(38)42(40)53)32(51)16-11-10-14-27(3)43(56-30(6)50)29(5)22-26(2)21-25/h10-13,15,19-20,23-27,29,34,43,52-53H,14,16,21-22H2,1-9H3,(H,47,54)/b11-10+,13-12+,28-15-,45-24+/t25?,26-,27-,29?,34?,43?/m1/s1. The number of nitrogens with zero attached hydrogens (tertiary/aromatic N) is 4. The van der Waals surface area contributed by atoms with Gasteiger partial charge in [-0.3, -0.25) is 18.8 Å². The molecule has 296 valence electrons. The predicted octanol–water partition coefficient (Wildman–Crippen LogP) is 5.55. The summed E-state index contributed by atoms with van der Waals surface area (Å²) in [6.07, 6.45) is 13.6. The second kappa shape index (κ2) is 17.9. The number of anilines is 1. The number of aliphatic hydroxyl groups excluding tert-OH is 1. The van der Waals surface area contributed by atoms with Crippen molar-refractivity contribution in [2.24, 2.45) is 28.8 Å². The van der Waals surface area contributed by atoms with Gasteiger partial charge in [-0.25, -0.2) is 4.98 Å². The molecule has 0 radical (unpaired) electrons. The van der Waals surface area contributed by atoms with Crippen LogP contribution in [-0.4, -0.2) is 81.9 Å². The fraction of sp³-hybridized carbons (Fsp3) is 0.432. The van der Waals surface area contributed by atoms with Crippen LogP contribution in [0.5, 0.6) is 5.75 Å². The summed E-state index contributed by atoms with van der Waals surface area (Å²) in [6, 6.07) is 3.60. The number of esters is 1. The number of hydrazone groups is 1. The number of imidazole rings is 1. The zero-order chi connectivity index (χ0) is 40.8. The van der Waals surface area contributed by atoms with Crippen molar-refractivity contribution in [3.05, 3.63) is 70.3 Å². The minimum atomic E-state index is -1.08. The van der Waals surface area contributed by atoms with Crippen LogP contribution in [0.1, 0.15) is 72.8 Å². The Hall–Kier alpha value is -5.67. The number of phenols is 1. The van der Waals surface area contributed by atoms with E-state index in [9.17, 15) is 24.6 Å². The molecule has 12 nitrogen and oxygen atoms in total. The Morgan fingerprint density at radius 3 is 2.55 bits per heavy atom. The number of nitrogens with one attached hydrogen (secondary N) is 1. The normalized spacial score (nSPS) is 26.3. The third kappa shape index (κ3) is 9.23. The minimum absolute atomic E-state index is 0.00961. The van der Waals surface area contributed by atoms with Crippen LogP contribution in [0.3, 0.4) is 0 Å². The fourth-order valence-electron chi connectivity index (χ4n) is 7.67. The summed E-state index contributed by atoms with van der Waals surface area (Å²) in [5, 5.41) is 32.3. The Kier molecular flexibility index (Phi) is 13.2. The summed E-state index contributed by atoms with van der Waals surface area (Å²) >= 11 is 0. The molecule has 2 aromatic heterocycles. The van der Waals surface area contributed by atoms with Crippen molar-refractivity contribution in [3.63, 3.8) is 0 Å². The first-order valence-electron chi connectivity index (χ1n) is 19.0. The van der Waals surface area contributed by atoms with Crippen LogP contribution in [0.4, 0.5) is 5.69 Å². The van der Waals surface area contributed by atoms with Gasteiger partial charge < -0.3 is 30.0 Å². The smallest absolute Gasteiger partial charge is 0.302 e. The number of benzene rings is 1. The number of allylic oxidation sites excluding steroid dienone is 5. The van der Waals surface area contributed by atoms with E-state index >= 15 is 0 Å². The number of hydrogen-bond donors (Lipinski definition) is 3. The van der Waals surface area contributed by atoms with E-state index in [1.54, 1.807) is 61.1 Å².